The van der Waals surface area contributed by atoms with Crippen LogP contribution in [0.1, 0.15) is 17.5 Å². The van der Waals surface area contributed by atoms with Crippen LogP contribution in [0.4, 0.5) is 4.39 Å². The van der Waals surface area contributed by atoms with Crippen molar-refractivity contribution in [2.45, 2.75) is 18.9 Å². The summed E-state index contributed by atoms with van der Waals surface area (Å²) in [5.41, 5.74) is 6.73. The molecule has 0 saturated heterocycles. The first-order chi connectivity index (χ1) is 7.58. The molecule has 4 heteroatoms. The summed E-state index contributed by atoms with van der Waals surface area (Å²) in [6.45, 7) is 1.94. The summed E-state index contributed by atoms with van der Waals surface area (Å²) in [6, 6.07) is 6.42. The van der Waals surface area contributed by atoms with Crippen molar-refractivity contribution in [1.82, 2.24) is 4.98 Å². The smallest absolute Gasteiger partial charge is 0.123 e. The van der Waals surface area contributed by atoms with E-state index in [-0.39, 0.29) is 5.82 Å². The van der Waals surface area contributed by atoms with Gasteiger partial charge in [-0.25, -0.2) is 9.37 Å². The van der Waals surface area contributed by atoms with E-state index in [1.807, 2.05) is 12.3 Å². The van der Waals surface area contributed by atoms with E-state index < -0.39 is 5.54 Å². The highest BCUT2D eigenvalue weighted by Gasteiger charge is 2.24. The summed E-state index contributed by atoms with van der Waals surface area (Å²) in [4.78, 5) is 4.22. The third-order valence-corrected chi connectivity index (χ3v) is 3.46. The van der Waals surface area contributed by atoms with Gasteiger partial charge in [0.15, 0.2) is 0 Å². The van der Waals surface area contributed by atoms with E-state index in [2.05, 4.69) is 4.98 Å². The van der Waals surface area contributed by atoms with Gasteiger partial charge in [-0.2, -0.15) is 0 Å². The molecule has 1 unspecified atom stereocenters. The molecule has 16 heavy (non-hydrogen) atoms. The molecule has 0 radical (unpaired) electrons. The largest absolute Gasteiger partial charge is 0.319 e. The van der Waals surface area contributed by atoms with Gasteiger partial charge in [-0.3, -0.25) is 0 Å². The lowest BCUT2D eigenvalue weighted by Crippen LogP contribution is -2.35. The molecule has 84 valence electrons. The first-order valence-electron chi connectivity index (χ1n) is 5.01. The number of aromatic nitrogens is 1. The number of nitrogens with zero attached hydrogens (tertiary/aromatic N) is 1. The van der Waals surface area contributed by atoms with Crippen LogP contribution < -0.4 is 5.73 Å². The Hall–Kier alpha value is -1.26. The summed E-state index contributed by atoms with van der Waals surface area (Å²) in [5, 5.41) is 2.81. The van der Waals surface area contributed by atoms with Crippen LogP contribution in [-0.2, 0) is 12.0 Å². The van der Waals surface area contributed by atoms with Gasteiger partial charge < -0.3 is 5.73 Å². The van der Waals surface area contributed by atoms with Crippen LogP contribution >= 0.6 is 11.3 Å². The van der Waals surface area contributed by atoms with Gasteiger partial charge in [0.25, 0.3) is 0 Å². The van der Waals surface area contributed by atoms with Crippen molar-refractivity contribution in [3.05, 3.63) is 52.2 Å². The van der Waals surface area contributed by atoms with Gasteiger partial charge in [0.1, 0.15) is 10.8 Å². The van der Waals surface area contributed by atoms with E-state index in [4.69, 9.17) is 5.73 Å². The van der Waals surface area contributed by atoms with Gasteiger partial charge in [-0.15, -0.1) is 11.3 Å². The molecular formula is C12H13FN2S. The molecule has 2 nitrogen and oxygen atoms in total. The average molecular weight is 236 g/mol. The Labute approximate surface area is 97.9 Å². The number of thiazole rings is 1. The summed E-state index contributed by atoms with van der Waals surface area (Å²) >= 11 is 1.54. The maximum Gasteiger partial charge on any atom is 0.123 e. The molecule has 2 N–H and O–H groups in total. The van der Waals surface area contributed by atoms with Crippen LogP contribution in [0.25, 0.3) is 0 Å². The van der Waals surface area contributed by atoms with Crippen LogP contribution in [0, 0.1) is 5.82 Å². The molecule has 0 aliphatic carbocycles. The number of hydrogen-bond donors (Lipinski definition) is 1. The fraction of sp³-hybridized carbons (Fsp3) is 0.250. The van der Waals surface area contributed by atoms with Gasteiger partial charge in [0, 0.05) is 11.6 Å². The fourth-order valence-corrected chi connectivity index (χ4v) is 2.32. The van der Waals surface area contributed by atoms with E-state index in [9.17, 15) is 4.39 Å². The van der Waals surface area contributed by atoms with Crippen LogP contribution in [-0.4, -0.2) is 4.98 Å². The molecule has 1 aromatic carbocycles. The maximum atomic E-state index is 12.8. The van der Waals surface area contributed by atoms with Gasteiger partial charge in [0.05, 0.1) is 5.54 Å². The molecule has 0 amide bonds. The summed E-state index contributed by atoms with van der Waals surface area (Å²) in [6.07, 6.45) is 2.40. The van der Waals surface area contributed by atoms with Crippen molar-refractivity contribution < 1.29 is 4.39 Å². The van der Waals surface area contributed by atoms with Crippen molar-refractivity contribution in [3.63, 3.8) is 0 Å². The maximum absolute atomic E-state index is 12.8. The molecule has 1 heterocycles. The van der Waals surface area contributed by atoms with Gasteiger partial charge in [-0.05, 0) is 31.0 Å². The number of rotatable bonds is 3. The molecule has 0 fully saturated rings. The minimum atomic E-state index is -0.494. The Kier molecular flexibility index (Phi) is 3.03. The van der Waals surface area contributed by atoms with E-state index in [1.165, 1.54) is 12.1 Å². The second-order valence-corrected chi connectivity index (χ2v) is 4.95. The van der Waals surface area contributed by atoms with Gasteiger partial charge >= 0.3 is 0 Å². The van der Waals surface area contributed by atoms with E-state index in [0.29, 0.717) is 6.42 Å². The first kappa shape index (κ1) is 11.2. The van der Waals surface area contributed by atoms with Crippen LogP contribution in [0.2, 0.25) is 0 Å². The minimum Gasteiger partial charge on any atom is -0.319 e. The van der Waals surface area contributed by atoms with Crippen molar-refractivity contribution >= 4 is 11.3 Å². The molecule has 0 bridgehead atoms. The normalized spacial score (nSPS) is 14.7. The zero-order valence-corrected chi connectivity index (χ0v) is 9.80. The predicted molar refractivity (Wildman–Crippen MR) is 63.8 cm³/mol. The van der Waals surface area contributed by atoms with Gasteiger partial charge in [0.2, 0.25) is 0 Å². The summed E-state index contributed by atoms with van der Waals surface area (Å²) in [5.74, 6) is -0.225. The molecule has 1 aromatic heterocycles. The van der Waals surface area contributed by atoms with Crippen molar-refractivity contribution in [2.75, 3.05) is 0 Å². The first-order valence-corrected chi connectivity index (χ1v) is 5.89. The highest BCUT2D eigenvalue weighted by Crippen LogP contribution is 2.24. The van der Waals surface area contributed by atoms with Crippen LogP contribution in [0.15, 0.2) is 35.8 Å². The van der Waals surface area contributed by atoms with Gasteiger partial charge in [-0.1, -0.05) is 12.1 Å². The molecule has 2 rings (SSSR count). The minimum absolute atomic E-state index is 0.225. The van der Waals surface area contributed by atoms with Crippen LogP contribution in [0.3, 0.4) is 0 Å². The van der Waals surface area contributed by atoms with Crippen LogP contribution in [0.5, 0.6) is 0 Å². The number of nitrogens with two attached hydrogens (primary N) is 1. The molecular weight excluding hydrogens is 223 g/mol. The summed E-state index contributed by atoms with van der Waals surface area (Å²) < 4.78 is 12.8. The zero-order chi connectivity index (χ0) is 11.6. The Balaban J connectivity index is 2.18. The van der Waals surface area contributed by atoms with E-state index >= 15 is 0 Å². The zero-order valence-electron chi connectivity index (χ0n) is 8.98. The highest BCUT2D eigenvalue weighted by molar-refractivity contribution is 7.09. The molecule has 2 aromatic rings. The summed E-state index contributed by atoms with van der Waals surface area (Å²) in [7, 11) is 0. The van der Waals surface area contributed by atoms with Crippen molar-refractivity contribution in [3.8, 4) is 0 Å². The third-order valence-electron chi connectivity index (χ3n) is 2.41. The number of halogens is 1. The highest BCUT2D eigenvalue weighted by atomic mass is 32.1. The fourth-order valence-electron chi connectivity index (χ4n) is 1.61. The average Bonchev–Trinajstić information content (AvgIpc) is 2.75. The lowest BCUT2D eigenvalue weighted by atomic mass is 9.95. The standard InChI is InChI=1S/C12H13FN2S/c1-12(14,11-15-6-7-16-11)8-9-2-4-10(13)5-3-9/h2-7H,8,14H2,1H3. The van der Waals surface area contributed by atoms with Crippen molar-refractivity contribution in [1.29, 1.82) is 0 Å². The predicted octanol–water partition coefficient (Wildman–Crippen LogP) is 2.70. The molecule has 1 atom stereocenters. The Morgan fingerprint density at radius 2 is 2.06 bits per heavy atom. The van der Waals surface area contributed by atoms with E-state index in [1.54, 1.807) is 29.7 Å². The topological polar surface area (TPSA) is 38.9 Å². The second-order valence-electron chi connectivity index (χ2n) is 4.06. The number of hydrogen-bond acceptors (Lipinski definition) is 3. The SMILES string of the molecule is CC(N)(Cc1ccc(F)cc1)c1nccs1. The second kappa shape index (κ2) is 4.31. The molecule has 0 aliphatic rings. The van der Waals surface area contributed by atoms with Crippen molar-refractivity contribution in [2.24, 2.45) is 5.73 Å². The molecule has 0 saturated carbocycles. The Morgan fingerprint density at radius 1 is 1.38 bits per heavy atom. The monoisotopic (exact) mass is 236 g/mol. The Bertz CT molecular complexity index is 448. The molecule has 0 aliphatic heterocycles. The third kappa shape index (κ3) is 2.46. The lowest BCUT2D eigenvalue weighted by Gasteiger charge is -2.21. The lowest BCUT2D eigenvalue weighted by molar-refractivity contribution is 0.488. The Morgan fingerprint density at radius 3 is 2.62 bits per heavy atom. The quantitative estimate of drug-likeness (QED) is 0.890. The molecule has 0 spiro atoms. The number of benzene rings is 1. The van der Waals surface area contributed by atoms with E-state index in [0.717, 1.165) is 10.6 Å².